The third-order valence-electron chi connectivity index (χ3n) is 4.83. The average molecular weight is 455 g/mol. The summed E-state index contributed by atoms with van der Waals surface area (Å²) in [5, 5.41) is 19.3. The van der Waals surface area contributed by atoms with Crippen LogP contribution in [0.5, 0.6) is 0 Å². The number of unbranched alkanes of at least 4 members (excludes halogenated alkanes) is 6. The molecule has 0 heterocycles. The van der Waals surface area contributed by atoms with Gasteiger partial charge in [0.05, 0.1) is 40.3 Å². The van der Waals surface area contributed by atoms with Crippen LogP contribution in [0.2, 0.25) is 0 Å². The van der Waals surface area contributed by atoms with Gasteiger partial charge in [-0.2, -0.15) is 0 Å². The molecule has 0 fully saturated rings. The molecule has 0 aliphatic rings. The van der Waals surface area contributed by atoms with Crippen molar-refractivity contribution in [3.8, 4) is 0 Å². The van der Waals surface area contributed by atoms with Crippen molar-refractivity contribution in [1.29, 1.82) is 0 Å². The van der Waals surface area contributed by atoms with E-state index in [1.165, 1.54) is 32.1 Å². The standard InChI is InChI=1S/C21H44NO7P/c1-6-7-8-9-11-14-18(2)27-15-12-10-13-16-28-30(26)29-19(17-20(23)24)21(25)22(3,4)5/h18-19,21,25-26H,6-17H2,1-5H3/p+1. The maximum atomic E-state index is 11.0. The lowest BCUT2D eigenvalue weighted by Crippen LogP contribution is -2.52. The molecule has 0 aromatic heterocycles. The number of rotatable bonds is 20. The van der Waals surface area contributed by atoms with Gasteiger partial charge >= 0.3 is 14.6 Å². The highest BCUT2D eigenvalue weighted by Crippen LogP contribution is 2.37. The fraction of sp³-hybridized carbons (Fsp3) is 0.952. The van der Waals surface area contributed by atoms with Gasteiger partial charge in [-0.25, -0.2) is 0 Å². The molecule has 0 amide bonds. The molecule has 30 heavy (non-hydrogen) atoms. The second-order valence-corrected chi connectivity index (χ2v) is 9.73. The van der Waals surface area contributed by atoms with Crippen LogP contribution >= 0.6 is 8.60 Å². The van der Waals surface area contributed by atoms with E-state index in [0.717, 1.165) is 32.3 Å². The monoisotopic (exact) mass is 454 g/mol. The van der Waals surface area contributed by atoms with Crippen molar-refractivity contribution in [3.63, 3.8) is 0 Å². The van der Waals surface area contributed by atoms with Crippen LogP contribution in [-0.4, -0.2) is 78.4 Å². The van der Waals surface area contributed by atoms with E-state index in [1.54, 1.807) is 21.1 Å². The minimum absolute atomic E-state index is 0.0955. The van der Waals surface area contributed by atoms with Crippen molar-refractivity contribution in [2.24, 2.45) is 0 Å². The maximum absolute atomic E-state index is 11.0. The maximum Gasteiger partial charge on any atom is 0.330 e. The first kappa shape index (κ1) is 29.7. The Morgan fingerprint density at radius 1 is 1.00 bits per heavy atom. The fourth-order valence-corrected chi connectivity index (χ4v) is 3.70. The number of carboxylic acids is 1. The zero-order valence-electron chi connectivity index (χ0n) is 19.6. The third kappa shape index (κ3) is 16.4. The van der Waals surface area contributed by atoms with Gasteiger partial charge in [0.25, 0.3) is 0 Å². The summed E-state index contributed by atoms with van der Waals surface area (Å²) >= 11 is 0. The highest BCUT2D eigenvalue weighted by atomic mass is 31.2. The van der Waals surface area contributed by atoms with E-state index in [-0.39, 0.29) is 4.48 Å². The Morgan fingerprint density at radius 3 is 2.20 bits per heavy atom. The Labute approximate surface area is 184 Å². The molecule has 180 valence electrons. The van der Waals surface area contributed by atoms with Crippen LogP contribution in [0.1, 0.15) is 78.1 Å². The number of ether oxygens (including phenoxy) is 1. The number of hydrogen-bond acceptors (Lipinski definition) is 6. The molecule has 0 aromatic rings. The normalized spacial score (nSPS) is 16.2. The highest BCUT2D eigenvalue weighted by molar-refractivity contribution is 7.40. The molecule has 4 unspecified atom stereocenters. The van der Waals surface area contributed by atoms with Gasteiger partial charge in [0.15, 0.2) is 6.10 Å². The lowest BCUT2D eigenvalue weighted by molar-refractivity contribution is -0.922. The van der Waals surface area contributed by atoms with E-state index in [4.69, 9.17) is 18.9 Å². The molecule has 8 nitrogen and oxygen atoms in total. The van der Waals surface area contributed by atoms with Gasteiger partial charge in [-0.05, 0) is 32.6 Å². The van der Waals surface area contributed by atoms with Crippen LogP contribution in [0.15, 0.2) is 0 Å². The smallest absolute Gasteiger partial charge is 0.330 e. The largest absolute Gasteiger partial charge is 0.481 e. The summed E-state index contributed by atoms with van der Waals surface area (Å²) in [5.41, 5.74) is 0. The third-order valence-corrected chi connectivity index (χ3v) is 5.69. The fourth-order valence-electron chi connectivity index (χ4n) is 2.94. The van der Waals surface area contributed by atoms with Gasteiger partial charge in [-0.15, -0.1) is 0 Å². The van der Waals surface area contributed by atoms with Crippen LogP contribution in [0.25, 0.3) is 0 Å². The summed E-state index contributed by atoms with van der Waals surface area (Å²) in [6.45, 7) is 5.38. The Morgan fingerprint density at radius 2 is 1.60 bits per heavy atom. The van der Waals surface area contributed by atoms with Crippen molar-refractivity contribution >= 4 is 14.6 Å². The minimum Gasteiger partial charge on any atom is -0.481 e. The highest BCUT2D eigenvalue weighted by Gasteiger charge is 2.35. The Hall–Kier alpha value is -0.340. The van der Waals surface area contributed by atoms with E-state index in [2.05, 4.69) is 13.8 Å². The van der Waals surface area contributed by atoms with Gasteiger partial charge in [0.1, 0.15) is 0 Å². The first-order valence-corrected chi connectivity index (χ1v) is 12.3. The Kier molecular flexibility index (Phi) is 17.0. The number of aliphatic hydroxyl groups is 1. The molecule has 0 saturated heterocycles. The number of quaternary nitrogens is 1. The summed E-state index contributed by atoms with van der Waals surface area (Å²) in [7, 11) is 2.92. The molecular weight excluding hydrogens is 409 g/mol. The Bertz CT molecular complexity index is 434. The molecule has 3 N–H and O–H groups in total. The topological polar surface area (TPSA) is 105 Å². The molecular formula is C21H45NO7P+. The molecule has 9 heteroatoms. The first-order chi connectivity index (χ1) is 14.1. The SMILES string of the molecule is CCCCCCCC(C)OCCCCCOP(O)OC(CC(=O)O)C(O)[N+](C)(C)C. The second kappa shape index (κ2) is 17.2. The van der Waals surface area contributed by atoms with Crippen LogP contribution in [0.4, 0.5) is 0 Å². The number of carbonyl (C=O) groups is 1. The second-order valence-electron chi connectivity index (χ2n) is 8.79. The number of carboxylic acid groups (broad SMARTS) is 1. The summed E-state index contributed by atoms with van der Waals surface area (Å²) in [6, 6.07) is 0. The number of hydrogen-bond donors (Lipinski definition) is 3. The molecule has 0 spiro atoms. The van der Waals surface area contributed by atoms with E-state index in [1.807, 2.05) is 0 Å². The number of nitrogens with zero attached hydrogens (tertiary/aromatic N) is 1. The van der Waals surface area contributed by atoms with E-state index < -0.39 is 33.3 Å². The zero-order valence-corrected chi connectivity index (χ0v) is 20.5. The van der Waals surface area contributed by atoms with E-state index in [9.17, 15) is 14.8 Å². The van der Waals surface area contributed by atoms with Crippen LogP contribution < -0.4 is 0 Å². The number of aliphatic carboxylic acids is 1. The van der Waals surface area contributed by atoms with Crippen molar-refractivity contribution in [2.45, 2.75) is 96.5 Å². The van der Waals surface area contributed by atoms with E-state index >= 15 is 0 Å². The van der Waals surface area contributed by atoms with Crippen molar-refractivity contribution < 1.29 is 38.2 Å². The van der Waals surface area contributed by atoms with Gasteiger partial charge in [0.2, 0.25) is 6.23 Å². The molecule has 0 bridgehead atoms. The quantitative estimate of drug-likeness (QED) is 0.110. The predicted molar refractivity (Wildman–Crippen MR) is 119 cm³/mol. The Balaban J connectivity index is 3.87. The summed E-state index contributed by atoms with van der Waals surface area (Å²) in [6.07, 6.45) is 7.83. The minimum atomic E-state index is -2.24. The lowest BCUT2D eigenvalue weighted by Gasteiger charge is -2.34. The van der Waals surface area contributed by atoms with E-state index in [0.29, 0.717) is 12.7 Å². The summed E-state index contributed by atoms with van der Waals surface area (Å²) in [5.74, 6) is -1.11. The average Bonchev–Trinajstić information content (AvgIpc) is 2.64. The molecule has 0 aliphatic heterocycles. The molecule has 0 radical (unpaired) electrons. The van der Waals surface area contributed by atoms with Gasteiger partial charge in [-0.1, -0.05) is 39.0 Å². The van der Waals surface area contributed by atoms with Gasteiger partial charge in [-0.3, -0.25) is 9.32 Å². The summed E-state index contributed by atoms with van der Waals surface area (Å²) < 4.78 is 16.5. The van der Waals surface area contributed by atoms with Crippen molar-refractivity contribution in [2.75, 3.05) is 34.4 Å². The predicted octanol–water partition coefficient (Wildman–Crippen LogP) is 4.04. The zero-order chi connectivity index (χ0) is 23.0. The van der Waals surface area contributed by atoms with Crippen LogP contribution in [0.3, 0.4) is 0 Å². The van der Waals surface area contributed by atoms with Crippen LogP contribution in [-0.2, 0) is 18.6 Å². The lowest BCUT2D eigenvalue weighted by atomic mass is 10.1. The molecule has 0 saturated carbocycles. The first-order valence-electron chi connectivity index (χ1n) is 11.2. The van der Waals surface area contributed by atoms with Gasteiger partial charge in [0, 0.05) is 6.61 Å². The number of aliphatic hydroxyl groups excluding tert-OH is 1. The van der Waals surface area contributed by atoms with Crippen molar-refractivity contribution in [1.82, 2.24) is 0 Å². The molecule has 0 rings (SSSR count). The molecule has 4 atom stereocenters. The molecule has 0 aromatic carbocycles. The van der Waals surface area contributed by atoms with Crippen molar-refractivity contribution in [3.05, 3.63) is 0 Å². The van der Waals surface area contributed by atoms with Crippen LogP contribution in [0, 0.1) is 0 Å². The van der Waals surface area contributed by atoms with Gasteiger partial charge < -0.3 is 28.9 Å². The summed E-state index contributed by atoms with van der Waals surface area (Å²) in [4.78, 5) is 20.9. The number of likely N-dealkylation sites (N-methyl/N-ethyl adjacent to an activating group) is 1. The molecule has 0 aliphatic carbocycles.